The van der Waals surface area contributed by atoms with Gasteiger partial charge in [0.1, 0.15) is 11.6 Å². The summed E-state index contributed by atoms with van der Waals surface area (Å²) in [6.07, 6.45) is 0. The molecule has 0 saturated carbocycles. The van der Waals surface area contributed by atoms with Crippen molar-refractivity contribution >= 4 is 40.8 Å². The molecule has 0 aliphatic carbocycles. The summed E-state index contributed by atoms with van der Waals surface area (Å²) in [7, 11) is 1.45. The maximum absolute atomic E-state index is 15.0. The van der Waals surface area contributed by atoms with Gasteiger partial charge < -0.3 is 15.4 Å². The van der Waals surface area contributed by atoms with Gasteiger partial charge in [0.15, 0.2) is 16.7 Å². The normalized spacial score (nSPS) is 11.1. The molecule has 0 atom stereocenters. The minimum atomic E-state index is -0.818. The van der Waals surface area contributed by atoms with Crippen LogP contribution in [0.1, 0.15) is 5.56 Å². The summed E-state index contributed by atoms with van der Waals surface area (Å²) in [5.74, 6) is -1.20. The van der Waals surface area contributed by atoms with E-state index >= 15 is 4.39 Å². The highest BCUT2D eigenvalue weighted by Crippen LogP contribution is 2.33. The second kappa shape index (κ2) is 13.7. The molecule has 1 amide bonds. The van der Waals surface area contributed by atoms with Crippen molar-refractivity contribution in [3.8, 4) is 17.1 Å². The van der Waals surface area contributed by atoms with Crippen molar-refractivity contribution in [3.63, 3.8) is 0 Å². The molecule has 0 spiro atoms. The van der Waals surface area contributed by atoms with E-state index in [1.54, 1.807) is 42.5 Å². The number of aromatic nitrogens is 5. The fourth-order valence-electron chi connectivity index (χ4n) is 4.54. The summed E-state index contributed by atoms with van der Waals surface area (Å²) in [6.45, 7) is 0.125. The van der Waals surface area contributed by atoms with Crippen LogP contribution in [0.3, 0.4) is 0 Å². The molecular formula is C30H27ClFN7O4S. The molecule has 11 nitrogen and oxygen atoms in total. The van der Waals surface area contributed by atoms with Crippen LogP contribution >= 0.6 is 23.4 Å². The van der Waals surface area contributed by atoms with Gasteiger partial charge in [0.05, 0.1) is 29.6 Å². The molecule has 0 saturated heterocycles. The Balaban J connectivity index is 1.50. The highest BCUT2D eigenvalue weighted by Gasteiger charge is 2.26. The molecule has 2 heterocycles. The second-order valence-corrected chi connectivity index (χ2v) is 10.8. The SMILES string of the molecule is COCCN(C(=O)CSc1nnc(-c2ccccc2Cl)n1-c1ccccc1F)c1c(N)n(Cc2ccccc2)c(=O)[nH]c1=O. The van der Waals surface area contributed by atoms with Gasteiger partial charge in [-0.2, -0.15) is 0 Å². The summed E-state index contributed by atoms with van der Waals surface area (Å²) in [4.78, 5) is 42.9. The van der Waals surface area contributed by atoms with Crippen LogP contribution in [0.25, 0.3) is 17.1 Å². The van der Waals surface area contributed by atoms with Crippen molar-refractivity contribution in [3.05, 3.63) is 116 Å². The second-order valence-electron chi connectivity index (χ2n) is 9.46. The number of para-hydroxylation sites is 1. The molecule has 3 N–H and O–H groups in total. The third-order valence-corrected chi connectivity index (χ3v) is 7.90. The number of hydrogen-bond donors (Lipinski definition) is 2. The molecule has 226 valence electrons. The Morgan fingerprint density at radius 2 is 1.75 bits per heavy atom. The quantitative estimate of drug-likeness (QED) is 0.208. The summed E-state index contributed by atoms with van der Waals surface area (Å²) in [5, 5.41) is 9.10. The Bertz CT molecular complexity index is 1910. The van der Waals surface area contributed by atoms with E-state index in [4.69, 9.17) is 22.1 Å². The number of halogens is 2. The molecule has 0 aliphatic heterocycles. The lowest BCUT2D eigenvalue weighted by molar-refractivity contribution is -0.116. The number of hydrogen-bond acceptors (Lipinski definition) is 8. The Morgan fingerprint density at radius 1 is 1.05 bits per heavy atom. The van der Waals surface area contributed by atoms with Crippen molar-refractivity contribution in [1.29, 1.82) is 0 Å². The van der Waals surface area contributed by atoms with Gasteiger partial charge in [-0.3, -0.25) is 23.7 Å². The van der Waals surface area contributed by atoms with Crippen molar-refractivity contribution in [2.24, 2.45) is 0 Å². The molecule has 14 heteroatoms. The highest BCUT2D eigenvalue weighted by molar-refractivity contribution is 7.99. The first-order valence-electron chi connectivity index (χ1n) is 13.3. The Morgan fingerprint density at radius 3 is 2.48 bits per heavy atom. The lowest BCUT2D eigenvalue weighted by Crippen LogP contribution is -2.43. The predicted octanol–water partition coefficient (Wildman–Crippen LogP) is 3.98. The van der Waals surface area contributed by atoms with Gasteiger partial charge in [0.2, 0.25) is 5.91 Å². The first-order valence-corrected chi connectivity index (χ1v) is 14.7. The lowest BCUT2D eigenvalue weighted by Gasteiger charge is -2.24. The lowest BCUT2D eigenvalue weighted by atomic mass is 10.2. The van der Waals surface area contributed by atoms with E-state index in [2.05, 4.69) is 15.2 Å². The number of carbonyl (C=O) groups excluding carboxylic acids is 1. The van der Waals surface area contributed by atoms with Crippen LogP contribution in [0.15, 0.2) is 93.6 Å². The molecule has 0 radical (unpaired) electrons. The fourth-order valence-corrected chi connectivity index (χ4v) is 5.58. The van der Waals surface area contributed by atoms with Gasteiger partial charge in [-0.1, -0.05) is 78.0 Å². The van der Waals surface area contributed by atoms with E-state index in [0.717, 1.165) is 17.3 Å². The third-order valence-electron chi connectivity index (χ3n) is 6.65. The number of nitrogens with zero attached hydrogens (tertiary/aromatic N) is 5. The fraction of sp³-hybridized carbons (Fsp3) is 0.167. The summed E-state index contributed by atoms with van der Waals surface area (Å²) >= 11 is 7.42. The standard InChI is InChI=1S/C30H27ClFN7O4S/c1-43-16-15-37(25-26(33)38(29(42)34-28(25)41)17-19-9-3-2-4-10-19)24(40)18-44-30-36-35-27(20-11-5-6-12-21(20)31)39(30)23-14-8-7-13-22(23)32/h2-14H,15-18,33H2,1H3,(H,34,41,42). The maximum Gasteiger partial charge on any atom is 0.330 e. The van der Waals surface area contributed by atoms with Gasteiger partial charge >= 0.3 is 5.69 Å². The van der Waals surface area contributed by atoms with Crippen LogP contribution in [0.5, 0.6) is 0 Å². The molecule has 0 aliphatic rings. The van der Waals surface area contributed by atoms with Crippen LogP contribution in [-0.4, -0.2) is 56.2 Å². The first kappa shape index (κ1) is 30.7. The average molecular weight is 636 g/mol. The molecule has 0 unspecified atom stereocenters. The number of anilines is 2. The number of benzene rings is 3. The van der Waals surface area contributed by atoms with E-state index in [0.29, 0.717) is 10.6 Å². The zero-order valence-electron chi connectivity index (χ0n) is 23.4. The van der Waals surface area contributed by atoms with Crippen molar-refractivity contribution in [2.75, 3.05) is 36.6 Å². The van der Waals surface area contributed by atoms with Gasteiger partial charge in [0.25, 0.3) is 5.56 Å². The van der Waals surface area contributed by atoms with E-state index in [-0.39, 0.29) is 53.6 Å². The number of rotatable bonds is 11. The average Bonchev–Trinajstić information content (AvgIpc) is 3.44. The van der Waals surface area contributed by atoms with E-state index in [1.807, 2.05) is 30.3 Å². The zero-order chi connectivity index (χ0) is 31.2. The molecule has 44 heavy (non-hydrogen) atoms. The van der Waals surface area contributed by atoms with Crippen molar-refractivity contribution < 1.29 is 13.9 Å². The number of thioether (sulfide) groups is 1. The van der Waals surface area contributed by atoms with E-state index in [1.165, 1.54) is 27.2 Å². The number of ether oxygens (including phenoxy) is 1. The first-order chi connectivity index (χ1) is 21.3. The maximum atomic E-state index is 15.0. The zero-order valence-corrected chi connectivity index (χ0v) is 25.0. The number of nitrogens with one attached hydrogen (secondary N) is 1. The minimum Gasteiger partial charge on any atom is -0.383 e. The van der Waals surface area contributed by atoms with Crippen molar-refractivity contribution in [1.82, 2.24) is 24.3 Å². The molecular weight excluding hydrogens is 609 g/mol. The van der Waals surface area contributed by atoms with Gasteiger partial charge in [-0.15, -0.1) is 10.2 Å². The Hall–Kier alpha value is -4.72. The molecule has 0 fully saturated rings. The summed E-state index contributed by atoms with van der Waals surface area (Å²) in [5.41, 5.74) is 6.11. The van der Waals surface area contributed by atoms with Gasteiger partial charge in [-0.25, -0.2) is 9.18 Å². The number of nitrogens with two attached hydrogens (primary N) is 1. The van der Waals surface area contributed by atoms with Crippen LogP contribution in [0.2, 0.25) is 5.02 Å². The number of H-pyrrole nitrogens is 1. The largest absolute Gasteiger partial charge is 0.383 e. The topological polar surface area (TPSA) is 141 Å². The van der Waals surface area contributed by atoms with Crippen LogP contribution in [0.4, 0.5) is 15.9 Å². The molecule has 3 aromatic carbocycles. The van der Waals surface area contributed by atoms with Gasteiger partial charge in [0, 0.05) is 19.2 Å². The van der Waals surface area contributed by atoms with E-state index in [9.17, 15) is 14.4 Å². The van der Waals surface area contributed by atoms with Crippen molar-refractivity contribution in [2.45, 2.75) is 11.7 Å². The molecule has 5 aromatic rings. The summed E-state index contributed by atoms with van der Waals surface area (Å²) in [6, 6.07) is 22.1. The highest BCUT2D eigenvalue weighted by atomic mass is 35.5. The minimum absolute atomic E-state index is 0.0302. The number of methoxy groups -OCH3 is 1. The van der Waals surface area contributed by atoms with Gasteiger partial charge in [-0.05, 0) is 29.8 Å². The Kier molecular flexibility index (Phi) is 9.58. The van der Waals surface area contributed by atoms with E-state index < -0.39 is 23.0 Å². The predicted molar refractivity (Wildman–Crippen MR) is 168 cm³/mol. The Labute approximate surface area is 260 Å². The molecule has 2 aromatic heterocycles. The summed E-state index contributed by atoms with van der Waals surface area (Å²) < 4.78 is 22.9. The van der Waals surface area contributed by atoms with Crippen LogP contribution in [-0.2, 0) is 16.1 Å². The monoisotopic (exact) mass is 635 g/mol. The smallest absolute Gasteiger partial charge is 0.330 e. The number of carbonyl (C=O) groups is 1. The van der Waals surface area contributed by atoms with Crippen LogP contribution < -0.4 is 21.9 Å². The number of aromatic amines is 1. The number of nitrogen functional groups attached to an aromatic ring is 1. The third kappa shape index (κ3) is 6.44. The molecule has 0 bridgehead atoms. The molecule has 5 rings (SSSR count). The number of amides is 1. The van der Waals surface area contributed by atoms with Crippen LogP contribution in [0, 0.1) is 5.82 Å².